The third kappa shape index (κ3) is 2.14. The highest BCUT2D eigenvalue weighted by Crippen LogP contribution is 2.26. The van der Waals surface area contributed by atoms with Gasteiger partial charge in [-0.2, -0.15) is 0 Å². The SMILES string of the molecule is CNCc1ccc(-c2cc(F)ccc2C)o1. The molecule has 1 aromatic carbocycles. The number of hydrogen-bond donors (Lipinski definition) is 1. The summed E-state index contributed by atoms with van der Waals surface area (Å²) in [5.74, 6) is 1.32. The van der Waals surface area contributed by atoms with Gasteiger partial charge in [-0.25, -0.2) is 4.39 Å². The van der Waals surface area contributed by atoms with Crippen molar-refractivity contribution in [2.75, 3.05) is 7.05 Å². The summed E-state index contributed by atoms with van der Waals surface area (Å²) in [7, 11) is 1.86. The van der Waals surface area contributed by atoms with Crippen molar-refractivity contribution in [2.24, 2.45) is 0 Å². The summed E-state index contributed by atoms with van der Waals surface area (Å²) in [6, 6.07) is 8.48. The molecule has 2 nitrogen and oxygen atoms in total. The molecule has 2 rings (SSSR count). The van der Waals surface area contributed by atoms with Gasteiger partial charge >= 0.3 is 0 Å². The number of hydrogen-bond acceptors (Lipinski definition) is 2. The first kappa shape index (κ1) is 10.9. The number of rotatable bonds is 3. The zero-order chi connectivity index (χ0) is 11.5. The van der Waals surface area contributed by atoms with Crippen LogP contribution in [-0.2, 0) is 6.54 Å². The van der Waals surface area contributed by atoms with Crippen LogP contribution in [0.4, 0.5) is 4.39 Å². The third-order valence-corrected chi connectivity index (χ3v) is 2.48. The van der Waals surface area contributed by atoms with Gasteiger partial charge in [-0.3, -0.25) is 0 Å². The van der Waals surface area contributed by atoms with Crippen LogP contribution in [0, 0.1) is 12.7 Å². The molecule has 0 saturated heterocycles. The lowest BCUT2D eigenvalue weighted by Gasteiger charge is -2.02. The fourth-order valence-corrected chi connectivity index (χ4v) is 1.65. The lowest BCUT2D eigenvalue weighted by molar-refractivity contribution is 0.506. The van der Waals surface area contributed by atoms with E-state index >= 15 is 0 Å². The van der Waals surface area contributed by atoms with E-state index in [-0.39, 0.29) is 5.82 Å². The van der Waals surface area contributed by atoms with Crippen molar-refractivity contribution in [1.82, 2.24) is 5.32 Å². The third-order valence-electron chi connectivity index (χ3n) is 2.48. The fraction of sp³-hybridized carbons (Fsp3) is 0.231. The zero-order valence-electron chi connectivity index (χ0n) is 9.38. The summed E-state index contributed by atoms with van der Waals surface area (Å²) in [4.78, 5) is 0. The van der Waals surface area contributed by atoms with Crippen LogP contribution < -0.4 is 5.32 Å². The maximum atomic E-state index is 13.1. The van der Waals surface area contributed by atoms with Crippen LogP contribution in [-0.4, -0.2) is 7.05 Å². The van der Waals surface area contributed by atoms with Crippen LogP contribution in [0.3, 0.4) is 0 Å². The van der Waals surface area contributed by atoms with E-state index in [0.717, 1.165) is 16.9 Å². The van der Waals surface area contributed by atoms with Crippen molar-refractivity contribution in [2.45, 2.75) is 13.5 Å². The van der Waals surface area contributed by atoms with Crippen LogP contribution in [0.1, 0.15) is 11.3 Å². The Balaban J connectivity index is 2.38. The van der Waals surface area contributed by atoms with Gasteiger partial charge in [0.05, 0.1) is 6.54 Å². The van der Waals surface area contributed by atoms with Gasteiger partial charge in [0.1, 0.15) is 17.3 Å². The van der Waals surface area contributed by atoms with Gasteiger partial charge in [0.25, 0.3) is 0 Å². The standard InChI is InChI=1S/C13H14FNO/c1-9-3-4-10(14)7-12(9)13-6-5-11(16-13)8-15-2/h3-7,15H,8H2,1-2H3. The molecule has 0 unspecified atom stereocenters. The first-order valence-corrected chi connectivity index (χ1v) is 5.20. The van der Waals surface area contributed by atoms with Crippen LogP contribution >= 0.6 is 0 Å². The lowest BCUT2D eigenvalue weighted by atomic mass is 10.1. The van der Waals surface area contributed by atoms with E-state index in [1.807, 2.05) is 26.1 Å². The molecule has 0 aliphatic rings. The van der Waals surface area contributed by atoms with E-state index < -0.39 is 0 Å². The minimum absolute atomic E-state index is 0.243. The number of halogens is 1. The second-order valence-corrected chi connectivity index (χ2v) is 3.76. The van der Waals surface area contributed by atoms with Gasteiger partial charge in [-0.05, 0) is 43.8 Å². The molecule has 1 N–H and O–H groups in total. The molecule has 0 atom stereocenters. The minimum atomic E-state index is -0.243. The Labute approximate surface area is 94.1 Å². The highest BCUT2D eigenvalue weighted by molar-refractivity contribution is 5.62. The summed E-state index contributed by atoms with van der Waals surface area (Å²) < 4.78 is 18.8. The summed E-state index contributed by atoms with van der Waals surface area (Å²) in [6.45, 7) is 2.61. The van der Waals surface area contributed by atoms with Crippen LogP contribution in [0.5, 0.6) is 0 Å². The molecule has 0 aliphatic carbocycles. The van der Waals surface area contributed by atoms with E-state index in [0.29, 0.717) is 12.3 Å². The molecular weight excluding hydrogens is 205 g/mol. The molecule has 0 fully saturated rings. The minimum Gasteiger partial charge on any atom is -0.460 e. The van der Waals surface area contributed by atoms with Crippen molar-refractivity contribution < 1.29 is 8.81 Å². The summed E-state index contributed by atoms with van der Waals surface area (Å²) >= 11 is 0. The molecule has 0 amide bonds. The van der Waals surface area contributed by atoms with Gasteiger partial charge in [-0.1, -0.05) is 6.07 Å². The smallest absolute Gasteiger partial charge is 0.134 e. The Morgan fingerprint density at radius 2 is 2.06 bits per heavy atom. The predicted molar refractivity (Wildman–Crippen MR) is 61.6 cm³/mol. The van der Waals surface area contributed by atoms with Gasteiger partial charge in [0.15, 0.2) is 0 Å². The van der Waals surface area contributed by atoms with Gasteiger partial charge in [0.2, 0.25) is 0 Å². The van der Waals surface area contributed by atoms with Crippen molar-refractivity contribution in [1.29, 1.82) is 0 Å². The molecule has 3 heteroatoms. The van der Waals surface area contributed by atoms with Crippen molar-refractivity contribution in [3.05, 3.63) is 47.5 Å². The highest BCUT2D eigenvalue weighted by atomic mass is 19.1. The van der Waals surface area contributed by atoms with Crippen LogP contribution in [0.2, 0.25) is 0 Å². The number of benzene rings is 1. The van der Waals surface area contributed by atoms with Gasteiger partial charge in [-0.15, -0.1) is 0 Å². The first-order chi connectivity index (χ1) is 7.70. The second kappa shape index (κ2) is 4.49. The summed E-state index contributed by atoms with van der Waals surface area (Å²) in [6.07, 6.45) is 0. The Bertz CT molecular complexity index is 490. The van der Waals surface area contributed by atoms with Crippen molar-refractivity contribution in [3.63, 3.8) is 0 Å². The normalized spacial score (nSPS) is 10.7. The molecule has 2 aromatic rings. The summed E-state index contributed by atoms with van der Waals surface area (Å²) in [5, 5.41) is 3.01. The molecule has 16 heavy (non-hydrogen) atoms. The van der Waals surface area contributed by atoms with Crippen molar-refractivity contribution in [3.8, 4) is 11.3 Å². The fourth-order valence-electron chi connectivity index (χ4n) is 1.65. The van der Waals surface area contributed by atoms with E-state index in [2.05, 4.69) is 5.32 Å². The maximum absolute atomic E-state index is 13.1. The number of furan rings is 1. The molecule has 0 saturated carbocycles. The number of aryl methyl sites for hydroxylation is 1. The Morgan fingerprint density at radius 1 is 1.25 bits per heavy atom. The van der Waals surface area contributed by atoms with E-state index in [1.54, 1.807) is 6.07 Å². The quantitative estimate of drug-likeness (QED) is 0.858. The van der Waals surface area contributed by atoms with E-state index in [4.69, 9.17) is 4.42 Å². The van der Waals surface area contributed by atoms with E-state index in [9.17, 15) is 4.39 Å². The van der Waals surface area contributed by atoms with Crippen LogP contribution in [0.25, 0.3) is 11.3 Å². The largest absolute Gasteiger partial charge is 0.460 e. The predicted octanol–water partition coefficient (Wildman–Crippen LogP) is 3.11. The topological polar surface area (TPSA) is 25.2 Å². The van der Waals surface area contributed by atoms with Gasteiger partial charge < -0.3 is 9.73 Å². The molecule has 0 radical (unpaired) electrons. The Morgan fingerprint density at radius 3 is 2.81 bits per heavy atom. The molecule has 1 aromatic heterocycles. The van der Waals surface area contributed by atoms with Gasteiger partial charge in [0, 0.05) is 5.56 Å². The molecular formula is C13H14FNO. The Kier molecular flexibility index (Phi) is 3.06. The molecule has 0 spiro atoms. The first-order valence-electron chi connectivity index (χ1n) is 5.20. The molecule has 84 valence electrons. The van der Waals surface area contributed by atoms with Crippen LogP contribution in [0.15, 0.2) is 34.7 Å². The molecule has 1 heterocycles. The lowest BCUT2D eigenvalue weighted by Crippen LogP contribution is -2.03. The molecule has 0 bridgehead atoms. The Hall–Kier alpha value is -1.61. The average molecular weight is 219 g/mol. The van der Waals surface area contributed by atoms with Crippen molar-refractivity contribution >= 4 is 0 Å². The maximum Gasteiger partial charge on any atom is 0.134 e. The molecule has 0 aliphatic heterocycles. The average Bonchev–Trinajstić information content (AvgIpc) is 2.71. The second-order valence-electron chi connectivity index (χ2n) is 3.76. The zero-order valence-corrected chi connectivity index (χ0v) is 9.38. The monoisotopic (exact) mass is 219 g/mol. The number of nitrogens with one attached hydrogen (secondary N) is 1. The van der Waals surface area contributed by atoms with E-state index in [1.165, 1.54) is 12.1 Å². The highest BCUT2D eigenvalue weighted by Gasteiger charge is 2.08. The summed E-state index contributed by atoms with van der Waals surface area (Å²) in [5.41, 5.74) is 1.81.